The molecule has 180 valence electrons. The Hall–Kier alpha value is -3.45. The van der Waals surface area contributed by atoms with Crippen LogP contribution in [0.15, 0.2) is 54.7 Å². The second-order valence-electron chi connectivity index (χ2n) is 9.76. The molecule has 0 spiro atoms. The van der Waals surface area contributed by atoms with Crippen LogP contribution in [-0.4, -0.2) is 57.4 Å². The molecule has 4 aromatic rings. The molecule has 6 rings (SSSR count). The van der Waals surface area contributed by atoms with Crippen molar-refractivity contribution in [1.29, 1.82) is 0 Å². The first-order valence-electron chi connectivity index (χ1n) is 12.9. The summed E-state index contributed by atoms with van der Waals surface area (Å²) in [6.45, 7) is 4.57. The molecular formula is C28H32N6O. The number of likely N-dealkylation sites (tertiary alicyclic amines) is 1. The van der Waals surface area contributed by atoms with Crippen molar-refractivity contribution in [2.45, 2.75) is 44.6 Å². The van der Waals surface area contributed by atoms with Crippen molar-refractivity contribution in [3.63, 3.8) is 0 Å². The number of benzene rings is 2. The second kappa shape index (κ2) is 9.66. The smallest absolute Gasteiger partial charge is 0.251 e. The molecule has 1 aliphatic heterocycles. The van der Waals surface area contributed by atoms with Crippen LogP contribution in [0, 0.1) is 0 Å². The summed E-state index contributed by atoms with van der Waals surface area (Å²) in [7, 11) is 0. The summed E-state index contributed by atoms with van der Waals surface area (Å²) in [6.07, 6.45) is 9.06. The highest BCUT2D eigenvalue weighted by Gasteiger charge is 2.24. The highest BCUT2D eigenvalue weighted by atomic mass is 16.1. The van der Waals surface area contributed by atoms with Crippen LogP contribution in [0.3, 0.4) is 0 Å². The van der Waals surface area contributed by atoms with Crippen LogP contribution in [0.1, 0.15) is 48.9 Å². The van der Waals surface area contributed by atoms with Crippen molar-refractivity contribution < 1.29 is 4.79 Å². The highest BCUT2D eigenvalue weighted by Crippen LogP contribution is 2.29. The van der Waals surface area contributed by atoms with E-state index in [9.17, 15) is 4.79 Å². The number of amides is 1. The number of unbranched alkanes of at least 4 members (excludes halogenated alkanes) is 1. The van der Waals surface area contributed by atoms with Gasteiger partial charge in [-0.1, -0.05) is 24.3 Å². The molecule has 2 aromatic carbocycles. The van der Waals surface area contributed by atoms with Crippen LogP contribution < -0.4 is 10.6 Å². The topological polar surface area (TPSA) is 74.6 Å². The maximum Gasteiger partial charge on any atom is 0.251 e. The van der Waals surface area contributed by atoms with Crippen LogP contribution in [-0.2, 0) is 0 Å². The number of aromatic nitrogens is 3. The van der Waals surface area contributed by atoms with Crippen molar-refractivity contribution in [2.75, 3.05) is 31.5 Å². The van der Waals surface area contributed by atoms with Gasteiger partial charge in [-0.15, -0.1) is 0 Å². The molecule has 3 heterocycles. The number of fused-ring (bicyclic) bond motifs is 3. The van der Waals surface area contributed by atoms with E-state index < -0.39 is 0 Å². The van der Waals surface area contributed by atoms with E-state index in [1.165, 1.54) is 38.9 Å². The van der Waals surface area contributed by atoms with Crippen molar-refractivity contribution in [2.24, 2.45) is 0 Å². The van der Waals surface area contributed by atoms with Crippen LogP contribution in [0.5, 0.6) is 0 Å². The van der Waals surface area contributed by atoms with Gasteiger partial charge in [0.05, 0.1) is 22.9 Å². The summed E-state index contributed by atoms with van der Waals surface area (Å²) < 4.78 is 2.17. The molecule has 2 aromatic heterocycles. The highest BCUT2D eigenvalue weighted by molar-refractivity contribution is 5.95. The zero-order valence-corrected chi connectivity index (χ0v) is 20.0. The largest absolute Gasteiger partial charge is 0.367 e. The molecule has 7 heteroatoms. The van der Waals surface area contributed by atoms with E-state index in [2.05, 4.69) is 26.0 Å². The standard InChI is InChI=1S/C28H32N6O/c35-28(31-22-13-14-22)21-11-9-20(10-12-21)25-19-30-27-26(29-15-3-4-16-33-17-5-6-18-33)32-23-7-1-2-8-24(23)34(25)27/h1-2,7-12,19,22H,3-6,13-18H2,(H,29,32)(H,31,35). The molecule has 0 bridgehead atoms. The van der Waals surface area contributed by atoms with Gasteiger partial charge in [-0.05, 0) is 82.4 Å². The van der Waals surface area contributed by atoms with Gasteiger partial charge in [-0.3, -0.25) is 9.20 Å². The fourth-order valence-electron chi connectivity index (χ4n) is 4.97. The van der Waals surface area contributed by atoms with E-state index in [4.69, 9.17) is 9.97 Å². The summed E-state index contributed by atoms with van der Waals surface area (Å²) in [5, 5.41) is 6.61. The summed E-state index contributed by atoms with van der Waals surface area (Å²) in [5.41, 5.74) is 5.48. The molecule has 0 unspecified atom stereocenters. The number of nitrogens with one attached hydrogen (secondary N) is 2. The van der Waals surface area contributed by atoms with Gasteiger partial charge in [0.15, 0.2) is 11.5 Å². The summed E-state index contributed by atoms with van der Waals surface area (Å²) >= 11 is 0. The Labute approximate surface area is 205 Å². The maximum atomic E-state index is 12.4. The summed E-state index contributed by atoms with van der Waals surface area (Å²) in [6, 6.07) is 16.3. The number of imidazole rings is 1. The van der Waals surface area contributed by atoms with Crippen LogP contribution >= 0.6 is 0 Å². The molecule has 2 N–H and O–H groups in total. The van der Waals surface area contributed by atoms with Crippen LogP contribution in [0.4, 0.5) is 5.82 Å². The number of hydrogen-bond donors (Lipinski definition) is 2. The van der Waals surface area contributed by atoms with Gasteiger partial charge in [0.2, 0.25) is 0 Å². The lowest BCUT2D eigenvalue weighted by molar-refractivity contribution is 0.0951. The monoisotopic (exact) mass is 468 g/mol. The van der Waals surface area contributed by atoms with Crippen molar-refractivity contribution in [3.8, 4) is 11.3 Å². The van der Waals surface area contributed by atoms with E-state index in [0.717, 1.165) is 59.6 Å². The van der Waals surface area contributed by atoms with Gasteiger partial charge >= 0.3 is 0 Å². The minimum Gasteiger partial charge on any atom is -0.367 e. The van der Waals surface area contributed by atoms with Crippen molar-refractivity contribution in [3.05, 3.63) is 60.3 Å². The third-order valence-corrected chi connectivity index (χ3v) is 7.08. The molecule has 7 nitrogen and oxygen atoms in total. The van der Waals surface area contributed by atoms with E-state index in [0.29, 0.717) is 11.6 Å². The first-order valence-corrected chi connectivity index (χ1v) is 12.9. The molecule has 0 atom stereocenters. The van der Waals surface area contributed by atoms with Gasteiger partial charge in [0, 0.05) is 23.7 Å². The number of hydrogen-bond acceptors (Lipinski definition) is 5. The number of carbonyl (C=O) groups is 1. The fraction of sp³-hybridized carbons (Fsp3) is 0.393. The van der Waals surface area contributed by atoms with Crippen molar-refractivity contribution >= 4 is 28.4 Å². The van der Waals surface area contributed by atoms with Crippen molar-refractivity contribution in [1.82, 2.24) is 24.6 Å². The molecule has 1 aliphatic carbocycles. The molecule has 2 aliphatic rings. The molecule has 35 heavy (non-hydrogen) atoms. The van der Waals surface area contributed by atoms with E-state index in [1.807, 2.05) is 48.7 Å². The molecule has 1 saturated carbocycles. The molecular weight excluding hydrogens is 436 g/mol. The first kappa shape index (κ1) is 22.0. The quantitative estimate of drug-likeness (QED) is 0.348. The van der Waals surface area contributed by atoms with Gasteiger partial charge < -0.3 is 15.5 Å². The predicted molar refractivity (Wildman–Crippen MR) is 140 cm³/mol. The van der Waals surface area contributed by atoms with E-state index >= 15 is 0 Å². The number of rotatable bonds is 9. The summed E-state index contributed by atoms with van der Waals surface area (Å²) in [5.74, 6) is 0.819. The third-order valence-electron chi connectivity index (χ3n) is 7.08. The van der Waals surface area contributed by atoms with Gasteiger partial charge in [0.25, 0.3) is 5.91 Å². The first-order chi connectivity index (χ1) is 17.3. The lowest BCUT2D eigenvalue weighted by Crippen LogP contribution is -2.25. The molecule has 2 fully saturated rings. The Morgan fingerprint density at radius 3 is 2.60 bits per heavy atom. The third kappa shape index (κ3) is 4.73. The lowest BCUT2D eigenvalue weighted by Gasteiger charge is -2.14. The molecule has 0 radical (unpaired) electrons. The van der Waals surface area contributed by atoms with Crippen LogP contribution in [0.2, 0.25) is 0 Å². The summed E-state index contributed by atoms with van der Waals surface area (Å²) in [4.78, 5) is 24.6. The minimum absolute atomic E-state index is 0.00283. The Morgan fingerprint density at radius 1 is 1.00 bits per heavy atom. The Balaban J connectivity index is 1.25. The number of anilines is 1. The number of nitrogens with zero attached hydrogens (tertiary/aromatic N) is 4. The molecule has 1 amide bonds. The molecule has 1 saturated heterocycles. The van der Waals surface area contributed by atoms with Gasteiger partial charge in [-0.25, -0.2) is 9.97 Å². The lowest BCUT2D eigenvalue weighted by atomic mass is 10.1. The average molecular weight is 469 g/mol. The van der Waals surface area contributed by atoms with E-state index in [-0.39, 0.29) is 5.91 Å². The predicted octanol–water partition coefficient (Wildman–Crippen LogP) is 4.73. The van der Waals surface area contributed by atoms with Crippen LogP contribution in [0.25, 0.3) is 27.9 Å². The minimum atomic E-state index is 0.00283. The van der Waals surface area contributed by atoms with E-state index in [1.54, 1.807) is 0 Å². The Bertz CT molecular complexity index is 1340. The zero-order valence-electron chi connectivity index (χ0n) is 20.0. The second-order valence-corrected chi connectivity index (χ2v) is 9.76. The zero-order chi connectivity index (χ0) is 23.6. The van der Waals surface area contributed by atoms with Gasteiger partial charge in [-0.2, -0.15) is 0 Å². The Morgan fingerprint density at radius 2 is 1.80 bits per heavy atom. The number of carbonyl (C=O) groups excluding carboxylic acids is 1. The SMILES string of the molecule is O=C(NC1CC1)c1ccc(-c2cnc3c(NCCCCN4CCCC4)nc4ccccc4n23)cc1. The normalized spacial score (nSPS) is 16.2. The fourth-order valence-corrected chi connectivity index (χ4v) is 4.97. The maximum absolute atomic E-state index is 12.4. The average Bonchev–Trinajstić information content (AvgIpc) is 3.35. The van der Waals surface area contributed by atoms with Gasteiger partial charge in [0.1, 0.15) is 0 Å². The number of para-hydroxylation sites is 2. The Kier molecular flexibility index (Phi) is 6.08.